The van der Waals surface area contributed by atoms with Gasteiger partial charge in [0.05, 0.1) is 17.9 Å². The molecule has 0 spiro atoms. The van der Waals surface area contributed by atoms with Crippen molar-refractivity contribution in [3.05, 3.63) is 59.7 Å². The number of benzene rings is 1. The van der Waals surface area contributed by atoms with Gasteiger partial charge in [0.15, 0.2) is 11.6 Å². The summed E-state index contributed by atoms with van der Waals surface area (Å²) >= 11 is 0. The molecule has 88 valence electrons. The Kier molecular flexibility index (Phi) is 3.27. The van der Waals surface area contributed by atoms with Crippen LogP contribution in [0, 0.1) is 17.5 Å². The Hall–Kier alpha value is -2.04. The molecule has 0 aliphatic rings. The van der Waals surface area contributed by atoms with Crippen molar-refractivity contribution in [1.82, 2.24) is 4.98 Å². The van der Waals surface area contributed by atoms with Crippen molar-refractivity contribution in [3.8, 4) is 0 Å². The van der Waals surface area contributed by atoms with E-state index < -0.39 is 17.5 Å². The van der Waals surface area contributed by atoms with Crippen LogP contribution in [0.4, 0.5) is 18.9 Å². The zero-order valence-electron chi connectivity index (χ0n) is 8.75. The summed E-state index contributed by atoms with van der Waals surface area (Å²) in [5.41, 5.74) is 0.435. The third kappa shape index (κ3) is 2.75. The third-order valence-electron chi connectivity index (χ3n) is 2.18. The Morgan fingerprint density at radius 3 is 2.65 bits per heavy atom. The highest BCUT2D eigenvalue weighted by Gasteiger charge is 2.10. The highest BCUT2D eigenvalue weighted by Crippen LogP contribution is 2.19. The monoisotopic (exact) mass is 238 g/mol. The average Bonchev–Trinajstić information content (AvgIpc) is 2.33. The minimum atomic E-state index is -1.21. The molecule has 1 heterocycles. The maximum Gasteiger partial charge on any atom is 0.182 e. The van der Waals surface area contributed by atoms with Crippen LogP contribution < -0.4 is 5.32 Å². The number of nitrogens with zero attached hydrogens (tertiary/aromatic N) is 1. The summed E-state index contributed by atoms with van der Waals surface area (Å²) in [5, 5.41) is 2.59. The fourth-order valence-corrected chi connectivity index (χ4v) is 1.37. The van der Waals surface area contributed by atoms with Crippen molar-refractivity contribution in [3.63, 3.8) is 0 Å². The smallest absolute Gasteiger partial charge is 0.182 e. The molecule has 0 aliphatic heterocycles. The van der Waals surface area contributed by atoms with Crippen LogP contribution in [0.15, 0.2) is 36.5 Å². The number of aromatic nitrogens is 1. The number of halogens is 3. The van der Waals surface area contributed by atoms with E-state index in [1.54, 1.807) is 24.4 Å². The molecular weight excluding hydrogens is 229 g/mol. The van der Waals surface area contributed by atoms with Crippen LogP contribution >= 0.6 is 0 Å². The van der Waals surface area contributed by atoms with Gasteiger partial charge in [-0.25, -0.2) is 13.2 Å². The summed E-state index contributed by atoms with van der Waals surface area (Å²) in [5.74, 6) is -3.14. The van der Waals surface area contributed by atoms with E-state index in [0.717, 1.165) is 6.07 Å². The first-order valence-corrected chi connectivity index (χ1v) is 4.95. The average molecular weight is 238 g/mol. The van der Waals surface area contributed by atoms with E-state index in [0.29, 0.717) is 11.8 Å². The first-order chi connectivity index (χ1) is 8.16. The van der Waals surface area contributed by atoms with E-state index in [4.69, 9.17) is 0 Å². The molecule has 0 bridgehead atoms. The maximum atomic E-state index is 13.3. The zero-order valence-corrected chi connectivity index (χ0v) is 8.75. The SMILES string of the molecule is Fc1cc(F)c(F)c(NCc2ccccn2)c1. The minimum Gasteiger partial charge on any atom is -0.377 e. The Morgan fingerprint density at radius 2 is 1.94 bits per heavy atom. The molecule has 2 nitrogen and oxygen atoms in total. The molecule has 0 atom stereocenters. The molecule has 0 saturated heterocycles. The molecule has 2 rings (SSSR count). The number of anilines is 1. The normalized spacial score (nSPS) is 10.3. The fraction of sp³-hybridized carbons (Fsp3) is 0.0833. The largest absolute Gasteiger partial charge is 0.377 e. The first kappa shape index (κ1) is 11.4. The summed E-state index contributed by atoms with van der Waals surface area (Å²) < 4.78 is 39.0. The van der Waals surface area contributed by atoms with Gasteiger partial charge in [0.2, 0.25) is 0 Å². The van der Waals surface area contributed by atoms with E-state index in [2.05, 4.69) is 10.3 Å². The van der Waals surface area contributed by atoms with E-state index in [-0.39, 0.29) is 12.2 Å². The van der Waals surface area contributed by atoms with Gasteiger partial charge in [-0.15, -0.1) is 0 Å². The highest BCUT2D eigenvalue weighted by molar-refractivity contribution is 5.45. The lowest BCUT2D eigenvalue weighted by Crippen LogP contribution is -2.04. The van der Waals surface area contributed by atoms with Crippen LogP contribution in [0.3, 0.4) is 0 Å². The van der Waals surface area contributed by atoms with Crippen molar-refractivity contribution < 1.29 is 13.2 Å². The molecule has 17 heavy (non-hydrogen) atoms. The van der Waals surface area contributed by atoms with Crippen LogP contribution in [0.5, 0.6) is 0 Å². The van der Waals surface area contributed by atoms with Crippen molar-refractivity contribution in [2.24, 2.45) is 0 Å². The third-order valence-corrected chi connectivity index (χ3v) is 2.18. The van der Waals surface area contributed by atoms with Crippen LogP contribution in [-0.2, 0) is 6.54 Å². The predicted molar refractivity (Wildman–Crippen MR) is 57.9 cm³/mol. The Balaban J connectivity index is 2.14. The van der Waals surface area contributed by atoms with E-state index >= 15 is 0 Å². The number of nitrogens with one attached hydrogen (secondary N) is 1. The summed E-state index contributed by atoms with van der Waals surface area (Å²) in [6.07, 6.45) is 1.58. The molecule has 0 saturated carbocycles. The van der Waals surface area contributed by atoms with E-state index in [1.807, 2.05) is 0 Å². The van der Waals surface area contributed by atoms with Gasteiger partial charge in [0.1, 0.15) is 5.82 Å². The molecule has 5 heteroatoms. The summed E-state index contributed by atoms with van der Waals surface area (Å²) in [7, 11) is 0. The second-order valence-electron chi connectivity index (χ2n) is 3.42. The number of hydrogen-bond donors (Lipinski definition) is 1. The second kappa shape index (κ2) is 4.86. The van der Waals surface area contributed by atoms with Gasteiger partial charge in [-0.3, -0.25) is 4.98 Å². The number of pyridine rings is 1. The molecule has 2 aromatic rings. The molecule has 0 fully saturated rings. The summed E-state index contributed by atoms with van der Waals surface area (Å²) in [6.45, 7) is 0.195. The van der Waals surface area contributed by atoms with Crippen LogP contribution in [-0.4, -0.2) is 4.98 Å². The van der Waals surface area contributed by atoms with Crippen LogP contribution in [0.2, 0.25) is 0 Å². The molecule has 0 aliphatic carbocycles. The topological polar surface area (TPSA) is 24.9 Å². The second-order valence-corrected chi connectivity index (χ2v) is 3.42. The first-order valence-electron chi connectivity index (χ1n) is 4.95. The zero-order chi connectivity index (χ0) is 12.3. The highest BCUT2D eigenvalue weighted by atomic mass is 19.2. The Labute approximate surface area is 96.1 Å². The summed E-state index contributed by atoms with van der Waals surface area (Å²) in [4.78, 5) is 4.00. The lowest BCUT2D eigenvalue weighted by atomic mass is 10.2. The van der Waals surface area contributed by atoms with Crippen molar-refractivity contribution in [2.75, 3.05) is 5.32 Å². The molecule has 1 aromatic carbocycles. The van der Waals surface area contributed by atoms with Gasteiger partial charge in [0, 0.05) is 18.3 Å². The van der Waals surface area contributed by atoms with Gasteiger partial charge in [0.25, 0.3) is 0 Å². The van der Waals surface area contributed by atoms with Crippen LogP contribution in [0.1, 0.15) is 5.69 Å². The molecule has 0 radical (unpaired) electrons. The van der Waals surface area contributed by atoms with Crippen LogP contribution in [0.25, 0.3) is 0 Å². The van der Waals surface area contributed by atoms with E-state index in [9.17, 15) is 13.2 Å². The van der Waals surface area contributed by atoms with Gasteiger partial charge in [-0.2, -0.15) is 0 Å². The lowest BCUT2D eigenvalue weighted by molar-refractivity contribution is 0.497. The van der Waals surface area contributed by atoms with Gasteiger partial charge < -0.3 is 5.32 Å². The van der Waals surface area contributed by atoms with Gasteiger partial charge >= 0.3 is 0 Å². The van der Waals surface area contributed by atoms with Crippen molar-refractivity contribution in [2.45, 2.75) is 6.54 Å². The fourth-order valence-electron chi connectivity index (χ4n) is 1.37. The van der Waals surface area contributed by atoms with Gasteiger partial charge in [-0.1, -0.05) is 6.07 Å². The Bertz CT molecular complexity index is 515. The van der Waals surface area contributed by atoms with Crippen molar-refractivity contribution in [1.29, 1.82) is 0 Å². The number of hydrogen-bond acceptors (Lipinski definition) is 2. The predicted octanol–water partition coefficient (Wildman–Crippen LogP) is 3.11. The lowest BCUT2D eigenvalue weighted by Gasteiger charge is -2.07. The minimum absolute atomic E-state index is 0.195. The van der Waals surface area contributed by atoms with Crippen molar-refractivity contribution >= 4 is 5.69 Å². The molecule has 0 unspecified atom stereocenters. The molecule has 1 N–H and O–H groups in total. The maximum absolute atomic E-state index is 13.3. The standard InChI is InChI=1S/C12H9F3N2/c13-8-5-10(14)12(15)11(6-8)17-7-9-3-1-2-4-16-9/h1-6,17H,7H2. The van der Waals surface area contributed by atoms with E-state index in [1.165, 1.54) is 0 Å². The molecule has 0 amide bonds. The summed E-state index contributed by atoms with van der Waals surface area (Å²) in [6, 6.07) is 6.64. The van der Waals surface area contributed by atoms with Gasteiger partial charge in [-0.05, 0) is 12.1 Å². The quantitative estimate of drug-likeness (QED) is 0.831. The molecular formula is C12H9F3N2. The Morgan fingerprint density at radius 1 is 1.12 bits per heavy atom. The number of rotatable bonds is 3. The molecule has 1 aromatic heterocycles.